The fraction of sp³-hybridized carbons (Fsp3) is 0.720. The number of esters is 2. The van der Waals surface area contributed by atoms with E-state index in [9.17, 15) is 23.9 Å². The van der Waals surface area contributed by atoms with Crippen LogP contribution in [0.4, 0.5) is 13.2 Å². The quantitative estimate of drug-likeness (QED) is 0.615. The Morgan fingerprint density at radius 2 is 1.88 bits per heavy atom. The van der Waals surface area contributed by atoms with Gasteiger partial charge >= 0.3 is 11.9 Å². The van der Waals surface area contributed by atoms with Gasteiger partial charge in [0.15, 0.2) is 11.5 Å². The molecule has 0 radical (unpaired) electrons. The summed E-state index contributed by atoms with van der Waals surface area (Å²) >= 11 is 0. The van der Waals surface area contributed by atoms with Crippen LogP contribution in [0, 0.1) is 28.6 Å². The molecule has 188 valence electrons. The minimum Gasteiger partial charge on any atom is -0.463 e. The SMILES string of the molecule is CCOC(=O)[C@@]1(OC(C)=O)[C@H](C)C[C@H]2[C@@H]3C[C@H](F)C4=C(F)C(=O)C=C[C@]4(C)[C@@]3(F)[C@@H](O)C[C@@]21C. The van der Waals surface area contributed by atoms with Crippen LogP contribution in [-0.2, 0) is 23.9 Å². The number of hydrogen-bond donors (Lipinski definition) is 1. The fourth-order valence-corrected chi connectivity index (χ4v) is 7.78. The van der Waals surface area contributed by atoms with E-state index < -0.39 is 87.7 Å². The Morgan fingerprint density at radius 1 is 1.24 bits per heavy atom. The van der Waals surface area contributed by atoms with Crippen LogP contribution in [0.25, 0.3) is 0 Å². The van der Waals surface area contributed by atoms with Gasteiger partial charge in [-0.15, -0.1) is 0 Å². The van der Waals surface area contributed by atoms with Crippen LogP contribution in [0.2, 0.25) is 0 Å². The molecule has 0 aliphatic heterocycles. The van der Waals surface area contributed by atoms with Gasteiger partial charge in [0.2, 0.25) is 11.4 Å². The van der Waals surface area contributed by atoms with E-state index in [0.717, 1.165) is 19.1 Å². The van der Waals surface area contributed by atoms with Gasteiger partial charge in [0.25, 0.3) is 0 Å². The third-order valence-corrected chi connectivity index (χ3v) is 9.13. The topological polar surface area (TPSA) is 89.9 Å². The van der Waals surface area contributed by atoms with Crippen LogP contribution in [0.15, 0.2) is 23.6 Å². The predicted molar refractivity (Wildman–Crippen MR) is 114 cm³/mol. The van der Waals surface area contributed by atoms with Crippen molar-refractivity contribution in [1.82, 2.24) is 0 Å². The summed E-state index contributed by atoms with van der Waals surface area (Å²) in [5, 5.41) is 11.3. The van der Waals surface area contributed by atoms with Gasteiger partial charge in [-0.05, 0) is 45.1 Å². The van der Waals surface area contributed by atoms with Crippen molar-refractivity contribution >= 4 is 17.7 Å². The molecule has 6 nitrogen and oxygen atoms in total. The normalized spacial score (nSPS) is 47.6. The number of aliphatic hydroxyl groups is 1. The molecule has 1 N–H and O–H groups in total. The summed E-state index contributed by atoms with van der Waals surface area (Å²) in [7, 11) is 0. The van der Waals surface area contributed by atoms with Gasteiger partial charge in [0, 0.05) is 35.2 Å². The lowest BCUT2D eigenvalue weighted by atomic mass is 9.44. The summed E-state index contributed by atoms with van der Waals surface area (Å²) in [5.41, 5.74) is -8.05. The number of carbonyl (C=O) groups excluding carboxylic acids is 3. The largest absolute Gasteiger partial charge is 0.463 e. The molecule has 0 unspecified atom stereocenters. The first-order valence-corrected chi connectivity index (χ1v) is 11.7. The van der Waals surface area contributed by atoms with Crippen LogP contribution in [0.3, 0.4) is 0 Å². The molecule has 4 aliphatic carbocycles. The molecule has 9 atom stereocenters. The molecule has 4 aliphatic rings. The number of ketones is 1. The number of halogens is 3. The van der Waals surface area contributed by atoms with E-state index in [1.807, 2.05) is 0 Å². The van der Waals surface area contributed by atoms with Crippen LogP contribution >= 0.6 is 0 Å². The summed E-state index contributed by atoms with van der Waals surface area (Å²) in [6, 6.07) is 0. The second-order valence-electron chi connectivity index (χ2n) is 10.6. The molecule has 0 amide bonds. The average molecular weight is 485 g/mol. The fourth-order valence-electron chi connectivity index (χ4n) is 7.78. The first-order valence-electron chi connectivity index (χ1n) is 11.7. The third-order valence-electron chi connectivity index (χ3n) is 9.13. The van der Waals surface area contributed by atoms with Crippen molar-refractivity contribution < 1.29 is 42.1 Å². The molecule has 9 heteroatoms. The first-order chi connectivity index (χ1) is 15.7. The number of carbonyl (C=O) groups is 3. The lowest BCUT2D eigenvalue weighted by Crippen LogP contribution is -2.71. The highest BCUT2D eigenvalue weighted by molar-refractivity contribution is 6.04. The summed E-state index contributed by atoms with van der Waals surface area (Å²) in [5.74, 6) is -6.30. The Labute approximate surface area is 196 Å². The summed E-state index contributed by atoms with van der Waals surface area (Å²) in [6.45, 7) is 7.43. The number of alkyl halides is 2. The van der Waals surface area contributed by atoms with E-state index in [2.05, 4.69) is 0 Å². The molecule has 0 aromatic heterocycles. The number of allylic oxidation sites excluding steroid dienone is 4. The maximum Gasteiger partial charge on any atom is 0.351 e. The Balaban J connectivity index is 1.90. The van der Waals surface area contributed by atoms with Crippen molar-refractivity contribution in [2.45, 2.75) is 77.4 Å². The molecule has 3 saturated carbocycles. The number of fused-ring (bicyclic) bond motifs is 5. The minimum absolute atomic E-state index is 0.0191. The first kappa shape index (κ1) is 24.9. The van der Waals surface area contributed by atoms with Crippen molar-refractivity contribution in [2.75, 3.05) is 6.61 Å². The molecule has 0 aromatic carbocycles. The molecule has 0 aromatic rings. The van der Waals surface area contributed by atoms with Crippen LogP contribution in [-0.4, -0.2) is 53.0 Å². The zero-order chi connectivity index (χ0) is 25.4. The zero-order valence-corrected chi connectivity index (χ0v) is 20.0. The van der Waals surface area contributed by atoms with Gasteiger partial charge in [-0.2, -0.15) is 0 Å². The third kappa shape index (κ3) is 2.76. The lowest BCUT2D eigenvalue weighted by molar-refractivity contribution is -0.238. The molecule has 0 saturated heterocycles. The van der Waals surface area contributed by atoms with Crippen molar-refractivity contribution in [3.8, 4) is 0 Å². The minimum atomic E-state index is -2.51. The van der Waals surface area contributed by atoms with E-state index in [4.69, 9.17) is 9.47 Å². The molecule has 4 rings (SSSR count). The van der Waals surface area contributed by atoms with E-state index in [-0.39, 0.29) is 19.4 Å². The van der Waals surface area contributed by atoms with Gasteiger partial charge < -0.3 is 14.6 Å². The van der Waals surface area contributed by atoms with E-state index in [1.165, 1.54) is 6.92 Å². The standard InChI is InChI=1S/C25H31F3O6/c1-6-33-21(32)25(34-13(3)29)12(2)9-14-15-10-16(26)19-20(27)17(30)7-8-22(19,4)24(15,28)18(31)11-23(14,25)5/h7-8,12,14-16,18,31H,6,9-11H2,1-5H3/t12-,14+,15+,16+,18+,22+,23+,24+,25+/m1/s1. The van der Waals surface area contributed by atoms with Crippen molar-refractivity contribution in [3.05, 3.63) is 23.6 Å². The van der Waals surface area contributed by atoms with Crippen molar-refractivity contribution in [1.29, 1.82) is 0 Å². The smallest absolute Gasteiger partial charge is 0.351 e. The second-order valence-corrected chi connectivity index (χ2v) is 10.6. The highest BCUT2D eigenvalue weighted by Crippen LogP contribution is 2.72. The van der Waals surface area contributed by atoms with E-state index >= 15 is 8.78 Å². The van der Waals surface area contributed by atoms with Crippen molar-refractivity contribution in [2.24, 2.45) is 28.6 Å². The lowest BCUT2D eigenvalue weighted by Gasteiger charge is -2.62. The number of aliphatic hydroxyl groups excluding tert-OH is 1. The molecular formula is C25H31F3O6. The van der Waals surface area contributed by atoms with Gasteiger partial charge in [0.1, 0.15) is 6.17 Å². The van der Waals surface area contributed by atoms with Gasteiger partial charge in [-0.1, -0.05) is 19.9 Å². The Kier molecular flexibility index (Phi) is 5.63. The second kappa shape index (κ2) is 7.67. The van der Waals surface area contributed by atoms with Gasteiger partial charge in [-0.25, -0.2) is 18.0 Å². The Morgan fingerprint density at radius 3 is 2.47 bits per heavy atom. The monoisotopic (exact) mass is 484 g/mol. The highest BCUT2D eigenvalue weighted by Gasteiger charge is 2.79. The van der Waals surface area contributed by atoms with E-state index in [1.54, 1.807) is 20.8 Å². The number of ether oxygens (including phenoxy) is 2. The molecule has 34 heavy (non-hydrogen) atoms. The number of hydrogen-bond acceptors (Lipinski definition) is 6. The zero-order valence-electron chi connectivity index (χ0n) is 20.0. The Hall–Kier alpha value is -2.16. The maximum atomic E-state index is 17.2. The van der Waals surface area contributed by atoms with Crippen molar-refractivity contribution in [3.63, 3.8) is 0 Å². The van der Waals surface area contributed by atoms with E-state index in [0.29, 0.717) is 0 Å². The highest BCUT2D eigenvalue weighted by atomic mass is 19.2. The van der Waals surface area contributed by atoms with Crippen LogP contribution in [0.1, 0.15) is 53.9 Å². The van der Waals surface area contributed by atoms with Crippen LogP contribution in [0.5, 0.6) is 0 Å². The Bertz CT molecular complexity index is 1010. The summed E-state index contributed by atoms with van der Waals surface area (Å²) in [4.78, 5) is 37.4. The van der Waals surface area contributed by atoms with Gasteiger partial charge in [-0.3, -0.25) is 9.59 Å². The summed E-state index contributed by atoms with van der Waals surface area (Å²) in [6.07, 6.45) is -2.24. The maximum absolute atomic E-state index is 17.2. The molecule has 0 spiro atoms. The number of rotatable bonds is 3. The van der Waals surface area contributed by atoms with Gasteiger partial charge in [0.05, 0.1) is 12.7 Å². The predicted octanol–water partition coefficient (Wildman–Crippen LogP) is 3.71. The molecule has 0 bridgehead atoms. The molecule has 3 fully saturated rings. The van der Waals surface area contributed by atoms with Crippen LogP contribution < -0.4 is 0 Å². The summed E-state index contributed by atoms with van der Waals surface area (Å²) < 4.78 is 58.5. The average Bonchev–Trinajstić information content (AvgIpc) is 2.95. The molecular weight excluding hydrogens is 453 g/mol. The molecule has 0 heterocycles.